The number of aromatic nitrogens is 2. The predicted octanol–water partition coefficient (Wildman–Crippen LogP) is 2.62. The molecule has 21 heavy (non-hydrogen) atoms. The Morgan fingerprint density at radius 3 is 2.86 bits per heavy atom. The van der Waals surface area contributed by atoms with Crippen molar-refractivity contribution in [3.63, 3.8) is 0 Å². The second-order valence-electron chi connectivity index (χ2n) is 5.87. The van der Waals surface area contributed by atoms with E-state index in [0.717, 1.165) is 19.6 Å². The van der Waals surface area contributed by atoms with Crippen molar-refractivity contribution < 1.29 is 0 Å². The highest BCUT2D eigenvalue weighted by atomic mass is 15.3. The van der Waals surface area contributed by atoms with Gasteiger partial charge >= 0.3 is 0 Å². The normalized spacial score (nSPS) is 18.3. The van der Waals surface area contributed by atoms with Gasteiger partial charge in [0, 0.05) is 37.6 Å². The second kappa shape index (κ2) is 5.28. The van der Waals surface area contributed by atoms with Crippen LogP contribution in [0.5, 0.6) is 0 Å². The van der Waals surface area contributed by atoms with Crippen LogP contribution in [-0.4, -0.2) is 27.8 Å². The molecule has 0 bridgehead atoms. The van der Waals surface area contributed by atoms with Crippen LogP contribution in [0.3, 0.4) is 0 Å². The third-order valence-corrected chi connectivity index (χ3v) is 4.09. The number of hydrogen-bond donors (Lipinski definition) is 1. The maximum atomic E-state index is 4.48. The molecule has 0 saturated heterocycles. The standard InChI is InChI=1S/C17H20N4/c1-2-4-14(5-3-1)11-20-9-8-18-17(13-20)15-10-19-21(12-15)16-6-7-16/h1-5,10,12-13,16,18H,6-9,11H2. The highest BCUT2D eigenvalue weighted by Gasteiger charge is 2.24. The molecule has 108 valence electrons. The minimum atomic E-state index is 0.642. The van der Waals surface area contributed by atoms with Gasteiger partial charge in [0.25, 0.3) is 0 Å². The van der Waals surface area contributed by atoms with Gasteiger partial charge in [-0.3, -0.25) is 4.68 Å². The first-order chi connectivity index (χ1) is 10.4. The van der Waals surface area contributed by atoms with Crippen LogP contribution in [0, 0.1) is 0 Å². The number of nitrogens with one attached hydrogen (secondary N) is 1. The summed E-state index contributed by atoms with van der Waals surface area (Å²) in [5.41, 5.74) is 3.73. The fourth-order valence-electron chi connectivity index (χ4n) is 2.76. The van der Waals surface area contributed by atoms with Gasteiger partial charge in [0.2, 0.25) is 0 Å². The van der Waals surface area contributed by atoms with E-state index in [1.54, 1.807) is 0 Å². The Morgan fingerprint density at radius 1 is 1.19 bits per heavy atom. The van der Waals surface area contributed by atoms with Crippen molar-refractivity contribution >= 4 is 5.70 Å². The molecule has 2 heterocycles. The van der Waals surface area contributed by atoms with Crippen molar-refractivity contribution in [3.8, 4) is 0 Å². The molecular weight excluding hydrogens is 260 g/mol. The Labute approximate surface area is 125 Å². The summed E-state index contributed by atoms with van der Waals surface area (Å²) >= 11 is 0. The highest BCUT2D eigenvalue weighted by Crippen LogP contribution is 2.34. The molecule has 4 nitrogen and oxygen atoms in total. The van der Waals surface area contributed by atoms with E-state index in [1.807, 2.05) is 6.20 Å². The van der Waals surface area contributed by atoms with Gasteiger partial charge in [-0.25, -0.2) is 0 Å². The van der Waals surface area contributed by atoms with E-state index in [-0.39, 0.29) is 0 Å². The van der Waals surface area contributed by atoms with E-state index in [1.165, 1.54) is 29.7 Å². The molecule has 4 heteroatoms. The van der Waals surface area contributed by atoms with Crippen LogP contribution in [0.1, 0.15) is 30.0 Å². The predicted molar refractivity (Wildman–Crippen MR) is 83.3 cm³/mol. The topological polar surface area (TPSA) is 33.1 Å². The number of hydrogen-bond acceptors (Lipinski definition) is 3. The molecule has 1 fully saturated rings. The van der Waals surface area contributed by atoms with E-state index < -0.39 is 0 Å². The minimum absolute atomic E-state index is 0.642. The molecule has 1 aromatic carbocycles. The minimum Gasteiger partial charge on any atom is -0.382 e. The summed E-state index contributed by atoms with van der Waals surface area (Å²) in [5, 5.41) is 7.97. The van der Waals surface area contributed by atoms with Gasteiger partial charge in [-0.05, 0) is 18.4 Å². The molecule has 2 aliphatic rings. The average Bonchev–Trinajstić information content (AvgIpc) is 3.26. The van der Waals surface area contributed by atoms with Crippen molar-refractivity contribution in [3.05, 3.63) is 60.1 Å². The van der Waals surface area contributed by atoms with Crippen LogP contribution < -0.4 is 5.32 Å². The fraction of sp³-hybridized carbons (Fsp3) is 0.353. The first kappa shape index (κ1) is 12.5. The van der Waals surface area contributed by atoms with Crippen LogP contribution in [0.15, 0.2) is 48.9 Å². The van der Waals surface area contributed by atoms with Gasteiger partial charge in [-0.1, -0.05) is 30.3 Å². The molecule has 0 radical (unpaired) electrons. The summed E-state index contributed by atoms with van der Waals surface area (Å²) in [7, 11) is 0. The molecule has 2 aromatic rings. The Kier molecular flexibility index (Phi) is 3.14. The van der Waals surface area contributed by atoms with Crippen molar-refractivity contribution in [1.82, 2.24) is 20.0 Å². The van der Waals surface area contributed by atoms with Gasteiger partial charge in [0.05, 0.1) is 17.9 Å². The average molecular weight is 280 g/mol. The molecule has 4 rings (SSSR count). The van der Waals surface area contributed by atoms with Crippen LogP contribution in [0.25, 0.3) is 5.70 Å². The largest absolute Gasteiger partial charge is 0.382 e. The Balaban J connectivity index is 1.51. The van der Waals surface area contributed by atoms with E-state index in [4.69, 9.17) is 0 Å². The number of nitrogens with zero attached hydrogens (tertiary/aromatic N) is 3. The molecule has 0 spiro atoms. The van der Waals surface area contributed by atoms with E-state index >= 15 is 0 Å². The zero-order chi connectivity index (χ0) is 14.1. The van der Waals surface area contributed by atoms with Crippen LogP contribution in [0.2, 0.25) is 0 Å². The first-order valence-corrected chi connectivity index (χ1v) is 7.67. The van der Waals surface area contributed by atoms with Crippen molar-refractivity contribution in [1.29, 1.82) is 0 Å². The summed E-state index contributed by atoms with van der Waals surface area (Å²) in [4.78, 5) is 2.37. The summed E-state index contributed by atoms with van der Waals surface area (Å²) in [6, 6.07) is 11.3. The zero-order valence-corrected chi connectivity index (χ0v) is 12.1. The van der Waals surface area contributed by atoms with E-state index in [0.29, 0.717) is 6.04 Å². The number of rotatable bonds is 4. The van der Waals surface area contributed by atoms with Crippen molar-refractivity contribution in [2.45, 2.75) is 25.4 Å². The Morgan fingerprint density at radius 2 is 2.05 bits per heavy atom. The van der Waals surface area contributed by atoms with Gasteiger partial charge in [-0.2, -0.15) is 5.10 Å². The molecule has 0 atom stereocenters. The van der Waals surface area contributed by atoms with Gasteiger partial charge < -0.3 is 10.2 Å². The highest BCUT2D eigenvalue weighted by molar-refractivity contribution is 5.63. The smallest absolute Gasteiger partial charge is 0.0607 e. The quantitative estimate of drug-likeness (QED) is 0.934. The molecule has 0 amide bonds. The first-order valence-electron chi connectivity index (χ1n) is 7.67. The van der Waals surface area contributed by atoms with Crippen LogP contribution in [0.4, 0.5) is 0 Å². The molecule has 1 saturated carbocycles. The molecule has 1 N–H and O–H groups in total. The van der Waals surface area contributed by atoms with E-state index in [9.17, 15) is 0 Å². The van der Waals surface area contributed by atoms with Gasteiger partial charge in [-0.15, -0.1) is 0 Å². The monoisotopic (exact) mass is 280 g/mol. The fourth-order valence-corrected chi connectivity index (χ4v) is 2.76. The molecule has 1 aromatic heterocycles. The molecular formula is C17H20N4. The van der Waals surface area contributed by atoms with Gasteiger partial charge in [0.15, 0.2) is 0 Å². The van der Waals surface area contributed by atoms with Crippen molar-refractivity contribution in [2.75, 3.05) is 13.1 Å². The second-order valence-corrected chi connectivity index (χ2v) is 5.87. The van der Waals surface area contributed by atoms with Crippen LogP contribution in [-0.2, 0) is 6.54 Å². The SMILES string of the molecule is C1=C(c2cnn(C3CC3)c2)NCCN1Cc1ccccc1. The molecule has 1 aliphatic carbocycles. The maximum absolute atomic E-state index is 4.48. The van der Waals surface area contributed by atoms with Gasteiger partial charge in [0.1, 0.15) is 0 Å². The zero-order valence-electron chi connectivity index (χ0n) is 12.1. The molecule has 0 unspecified atom stereocenters. The van der Waals surface area contributed by atoms with Crippen molar-refractivity contribution in [2.24, 2.45) is 0 Å². The van der Waals surface area contributed by atoms with Crippen LogP contribution >= 0.6 is 0 Å². The lowest BCUT2D eigenvalue weighted by atomic mass is 10.2. The summed E-state index contributed by atoms with van der Waals surface area (Å²) < 4.78 is 2.11. The lowest BCUT2D eigenvalue weighted by Gasteiger charge is -2.27. The van der Waals surface area contributed by atoms with E-state index in [2.05, 4.69) is 62.7 Å². The number of benzene rings is 1. The molecule has 1 aliphatic heterocycles. The Hall–Kier alpha value is -2.23. The summed E-state index contributed by atoms with van der Waals surface area (Å²) in [6.07, 6.45) is 8.91. The third-order valence-electron chi connectivity index (χ3n) is 4.09. The summed E-state index contributed by atoms with van der Waals surface area (Å²) in [5.74, 6) is 0. The lowest BCUT2D eigenvalue weighted by molar-refractivity contribution is 0.358. The summed E-state index contributed by atoms with van der Waals surface area (Å²) in [6.45, 7) is 2.98. The Bertz CT molecular complexity index is 640. The maximum Gasteiger partial charge on any atom is 0.0607 e. The third kappa shape index (κ3) is 2.79. The lowest BCUT2D eigenvalue weighted by Crippen LogP contribution is -2.33.